The molecule has 0 aliphatic carbocycles. The van der Waals surface area contributed by atoms with Crippen molar-refractivity contribution in [2.45, 2.75) is 25.1 Å². The molecule has 0 spiro atoms. The predicted molar refractivity (Wildman–Crippen MR) is 69.3 cm³/mol. The van der Waals surface area contributed by atoms with Gasteiger partial charge in [0.05, 0.1) is 21.9 Å². The predicted octanol–water partition coefficient (Wildman–Crippen LogP) is 1.21. The molecule has 3 unspecified atom stereocenters. The fourth-order valence-electron chi connectivity index (χ4n) is 1.95. The van der Waals surface area contributed by atoms with E-state index in [0.29, 0.717) is 4.34 Å². The van der Waals surface area contributed by atoms with Gasteiger partial charge in [-0.3, -0.25) is 0 Å². The summed E-state index contributed by atoms with van der Waals surface area (Å²) in [5.74, 6) is -0.153. The van der Waals surface area contributed by atoms with Crippen molar-refractivity contribution in [3.63, 3.8) is 0 Å². The van der Waals surface area contributed by atoms with Gasteiger partial charge in [0, 0.05) is 17.0 Å². The maximum Gasteiger partial charge on any atom is 0.154 e. The van der Waals surface area contributed by atoms with E-state index in [1.54, 1.807) is 0 Å². The summed E-state index contributed by atoms with van der Waals surface area (Å²) in [5.41, 5.74) is 0. The first-order valence-corrected chi connectivity index (χ1v) is 8.29. The lowest BCUT2D eigenvalue weighted by molar-refractivity contribution is 0.160. The summed E-state index contributed by atoms with van der Waals surface area (Å²) >= 11 is 7.29. The molecule has 2 rings (SSSR count). The molecule has 1 saturated heterocycles. The average Bonchev–Trinajstić information content (AvgIpc) is 2.71. The second-order valence-corrected chi connectivity index (χ2v) is 8.18. The van der Waals surface area contributed by atoms with Gasteiger partial charge in [0.25, 0.3) is 0 Å². The van der Waals surface area contributed by atoms with E-state index in [1.165, 1.54) is 11.3 Å². The largest absolute Gasteiger partial charge is 0.390 e. The topological polar surface area (TPSA) is 66.4 Å². The molecule has 7 heteroatoms. The summed E-state index contributed by atoms with van der Waals surface area (Å²) < 4.78 is 23.4. The van der Waals surface area contributed by atoms with Crippen LogP contribution in [0.25, 0.3) is 0 Å². The summed E-state index contributed by atoms with van der Waals surface area (Å²) in [5, 5.41) is 12.8. The summed E-state index contributed by atoms with van der Waals surface area (Å²) in [7, 11) is -3.10. The number of hydrogen-bond donors (Lipinski definition) is 2. The first kappa shape index (κ1) is 13.3. The zero-order chi connectivity index (χ0) is 12.6. The van der Waals surface area contributed by atoms with E-state index >= 15 is 0 Å². The first-order chi connectivity index (χ1) is 7.87. The van der Waals surface area contributed by atoms with Gasteiger partial charge in [-0.25, -0.2) is 8.42 Å². The van der Waals surface area contributed by atoms with Crippen LogP contribution in [0.3, 0.4) is 0 Å². The van der Waals surface area contributed by atoms with Crippen LogP contribution in [0, 0.1) is 0 Å². The summed E-state index contributed by atoms with van der Waals surface area (Å²) in [4.78, 5) is 1.03. The van der Waals surface area contributed by atoms with E-state index in [0.717, 1.165) is 4.88 Å². The second-order valence-electron chi connectivity index (χ2n) is 4.28. The summed E-state index contributed by atoms with van der Waals surface area (Å²) in [6.07, 6.45) is -0.821. The fraction of sp³-hybridized carbons (Fsp3) is 0.600. The number of rotatable bonds is 3. The monoisotopic (exact) mass is 295 g/mol. The molecule has 1 aromatic heterocycles. The molecule has 0 bridgehead atoms. The van der Waals surface area contributed by atoms with Gasteiger partial charge >= 0.3 is 0 Å². The molecule has 0 amide bonds. The number of aliphatic hydroxyl groups excluding tert-OH is 1. The van der Waals surface area contributed by atoms with Crippen molar-refractivity contribution in [3.05, 3.63) is 21.3 Å². The normalized spacial score (nSPS) is 29.4. The van der Waals surface area contributed by atoms with Gasteiger partial charge in [-0.05, 0) is 19.1 Å². The van der Waals surface area contributed by atoms with Gasteiger partial charge in [-0.1, -0.05) is 11.6 Å². The Bertz CT molecular complexity index is 499. The van der Waals surface area contributed by atoms with Crippen LogP contribution in [0.4, 0.5) is 0 Å². The van der Waals surface area contributed by atoms with E-state index in [2.05, 4.69) is 5.32 Å². The Morgan fingerprint density at radius 3 is 2.71 bits per heavy atom. The zero-order valence-corrected chi connectivity index (χ0v) is 11.6. The molecule has 96 valence electrons. The van der Waals surface area contributed by atoms with Crippen molar-refractivity contribution in [2.24, 2.45) is 0 Å². The lowest BCUT2D eigenvalue weighted by Crippen LogP contribution is -2.40. The molecule has 0 saturated carbocycles. The van der Waals surface area contributed by atoms with Gasteiger partial charge in [-0.2, -0.15) is 0 Å². The minimum absolute atomic E-state index is 0.00237. The SMILES string of the molecule is CC(NC1CS(=O)(=O)CC1O)c1ccc(Cl)s1. The number of thiophene rings is 1. The highest BCUT2D eigenvalue weighted by molar-refractivity contribution is 7.91. The van der Waals surface area contributed by atoms with Crippen LogP contribution in [0.5, 0.6) is 0 Å². The van der Waals surface area contributed by atoms with Crippen molar-refractivity contribution in [2.75, 3.05) is 11.5 Å². The Morgan fingerprint density at radius 2 is 2.24 bits per heavy atom. The molecule has 1 fully saturated rings. The molecule has 2 heterocycles. The molecule has 17 heavy (non-hydrogen) atoms. The Kier molecular flexibility index (Phi) is 3.80. The minimum atomic E-state index is -3.10. The van der Waals surface area contributed by atoms with Crippen LogP contribution in [-0.2, 0) is 9.84 Å². The van der Waals surface area contributed by atoms with Gasteiger partial charge in [0.2, 0.25) is 0 Å². The number of hydrogen-bond acceptors (Lipinski definition) is 5. The quantitative estimate of drug-likeness (QED) is 0.880. The highest BCUT2D eigenvalue weighted by Crippen LogP contribution is 2.27. The Hall–Kier alpha value is -0.140. The zero-order valence-electron chi connectivity index (χ0n) is 9.26. The van der Waals surface area contributed by atoms with Crippen LogP contribution in [0.2, 0.25) is 4.34 Å². The van der Waals surface area contributed by atoms with Crippen LogP contribution in [0.1, 0.15) is 17.8 Å². The van der Waals surface area contributed by atoms with E-state index in [1.807, 2.05) is 19.1 Å². The molecular formula is C10H14ClNO3S2. The molecule has 1 aliphatic rings. The lowest BCUT2D eigenvalue weighted by Gasteiger charge is -2.19. The van der Waals surface area contributed by atoms with Gasteiger partial charge in [-0.15, -0.1) is 11.3 Å². The number of halogens is 1. The highest BCUT2D eigenvalue weighted by Gasteiger charge is 2.37. The molecule has 1 aliphatic heterocycles. The summed E-state index contributed by atoms with van der Waals surface area (Å²) in [6, 6.07) is 3.30. The lowest BCUT2D eigenvalue weighted by atomic mass is 10.1. The molecule has 0 aromatic carbocycles. The minimum Gasteiger partial charge on any atom is -0.390 e. The second kappa shape index (κ2) is 4.85. The van der Waals surface area contributed by atoms with Crippen molar-refractivity contribution in [1.29, 1.82) is 0 Å². The molecule has 3 atom stereocenters. The highest BCUT2D eigenvalue weighted by atomic mass is 35.5. The average molecular weight is 296 g/mol. The maximum atomic E-state index is 11.4. The maximum absolute atomic E-state index is 11.4. The van der Waals surface area contributed by atoms with Crippen molar-refractivity contribution in [3.8, 4) is 0 Å². The number of nitrogens with one attached hydrogen (secondary N) is 1. The third-order valence-corrected chi connectivity index (χ3v) is 5.94. The van der Waals surface area contributed by atoms with Crippen molar-refractivity contribution in [1.82, 2.24) is 5.32 Å². The third kappa shape index (κ3) is 3.20. The fourth-order valence-corrected chi connectivity index (χ4v) is 4.78. The number of sulfone groups is 1. The van der Waals surface area contributed by atoms with Crippen LogP contribution in [0.15, 0.2) is 12.1 Å². The van der Waals surface area contributed by atoms with Crippen molar-refractivity contribution < 1.29 is 13.5 Å². The van der Waals surface area contributed by atoms with E-state index in [9.17, 15) is 13.5 Å². The van der Waals surface area contributed by atoms with E-state index in [4.69, 9.17) is 11.6 Å². The van der Waals surface area contributed by atoms with Crippen molar-refractivity contribution >= 4 is 32.8 Å². The van der Waals surface area contributed by atoms with E-state index < -0.39 is 22.0 Å². The Balaban J connectivity index is 2.02. The van der Waals surface area contributed by atoms with Gasteiger partial charge < -0.3 is 10.4 Å². The van der Waals surface area contributed by atoms with Crippen LogP contribution >= 0.6 is 22.9 Å². The summed E-state index contributed by atoms with van der Waals surface area (Å²) in [6.45, 7) is 1.93. The first-order valence-electron chi connectivity index (χ1n) is 5.27. The molecule has 4 nitrogen and oxygen atoms in total. The van der Waals surface area contributed by atoms with Crippen LogP contribution < -0.4 is 5.32 Å². The number of aliphatic hydroxyl groups is 1. The third-order valence-electron chi connectivity index (χ3n) is 2.81. The molecule has 2 N–H and O–H groups in total. The van der Waals surface area contributed by atoms with Crippen LogP contribution in [-0.4, -0.2) is 37.2 Å². The molecular weight excluding hydrogens is 282 g/mol. The van der Waals surface area contributed by atoms with Gasteiger partial charge in [0.15, 0.2) is 9.84 Å². The molecule has 1 aromatic rings. The van der Waals surface area contributed by atoms with Gasteiger partial charge in [0.1, 0.15) is 0 Å². The van der Waals surface area contributed by atoms with E-state index in [-0.39, 0.29) is 17.5 Å². The Morgan fingerprint density at radius 1 is 1.53 bits per heavy atom. The Labute approximate surface area is 110 Å². The standard InChI is InChI=1S/C10H14ClNO3S2/c1-6(9-2-3-10(11)16-9)12-7-4-17(14,15)5-8(7)13/h2-3,6-8,12-13H,4-5H2,1H3. The molecule has 0 radical (unpaired) electrons. The smallest absolute Gasteiger partial charge is 0.154 e.